The van der Waals surface area contributed by atoms with Crippen LogP contribution in [-0.2, 0) is 4.74 Å². The molecule has 1 aliphatic rings. The molecule has 14 heavy (non-hydrogen) atoms. The van der Waals surface area contributed by atoms with Crippen molar-refractivity contribution in [2.24, 2.45) is 5.92 Å². The topological polar surface area (TPSA) is 45.0 Å². The molecular formula is C11H20N2O. The molecule has 80 valence electrons. The lowest BCUT2D eigenvalue weighted by molar-refractivity contribution is 0.0454. The van der Waals surface area contributed by atoms with Crippen molar-refractivity contribution >= 4 is 0 Å². The van der Waals surface area contributed by atoms with Gasteiger partial charge in [0.05, 0.1) is 12.7 Å². The second-order valence-corrected chi connectivity index (χ2v) is 4.06. The molecule has 1 heterocycles. The molecule has 0 aromatic heterocycles. The SMILES string of the molecule is CCC(C)NC(C#N)C1CCCOC1. The molecule has 0 aliphatic carbocycles. The van der Waals surface area contributed by atoms with Crippen LogP contribution in [0, 0.1) is 17.2 Å². The summed E-state index contributed by atoms with van der Waals surface area (Å²) in [4.78, 5) is 0. The van der Waals surface area contributed by atoms with E-state index in [9.17, 15) is 0 Å². The van der Waals surface area contributed by atoms with E-state index in [0.29, 0.717) is 12.0 Å². The van der Waals surface area contributed by atoms with Crippen LogP contribution in [0.4, 0.5) is 0 Å². The Morgan fingerprint density at radius 2 is 2.43 bits per heavy atom. The molecule has 1 rings (SSSR count). The Balaban J connectivity index is 2.40. The van der Waals surface area contributed by atoms with Gasteiger partial charge in [0.1, 0.15) is 6.04 Å². The van der Waals surface area contributed by atoms with Crippen LogP contribution in [0.5, 0.6) is 0 Å². The van der Waals surface area contributed by atoms with Gasteiger partial charge in [-0.2, -0.15) is 5.26 Å². The molecule has 3 heteroatoms. The van der Waals surface area contributed by atoms with Gasteiger partial charge in [0, 0.05) is 18.6 Å². The average molecular weight is 196 g/mol. The van der Waals surface area contributed by atoms with Crippen LogP contribution < -0.4 is 5.32 Å². The first-order chi connectivity index (χ1) is 6.77. The number of nitrogens with zero attached hydrogens (tertiary/aromatic N) is 1. The van der Waals surface area contributed by atoms with E-state index >= 15 is 0 Å². The Morgan fingerprint density at radius 3 is 2.93 bits per heavy atom. The first kappa shape index (κ1) is 11.5. The lowest BCUT2D eigenvalue weighted by Crippen LogP contribution is -2.43. The highest BCUT2D eigenvalue weighted by molar-refractivity contribution is 4.96. The Kier molecular flexibility index (Phi) is 4.92. The second-order valence-electron chi connectivity index (χ2n) is 4.06. The van der Waals surface area contributed by atoms with E-state index in [1.54, 1.807) is 0 Å². The van der Waals surface area contributed by atoms with Crippen LogP contribution in [0.15, 0.2) is 0 Å². The molecule has 1 N–H and O–H groups in total. The Bertz CT molecular complexity index is 194. The van der Waals surface area contributed by atoms with Crippen LogP contribution in [0.1, 0.15) is 33.1 Å². The highest BCUT2D eigenvalue weighted by Crippen LogP contribution is 2.17. The predicted molar refractivity (Wildman–Crippen MR) is 55.8 cm³/mol. The number of rotatable bonds is 4. The average Bonchev–Trinajstić information content (AvgIpc) is 2.26. The maximum Gasteiger partial charge on any atom is 0.101 e. The van der Waals surface area contributed by atoms with E-state index in [4.69, 9.17) is 10.00 Å². The van der Waals surface area contributed by atoms with E-state index in [0.717, 1.165) is 32.5 Å². The van der Waals surface area contributed by atoms with Crippen molar-refractivity contribution in [2.45, 2.75) is 45.2 Å². The summed E-state index contributed by atoms with van der Waals surface area (Å²) in [5.41, 5.74) is 0. The van der Waals surface area contributed by atoms with Crippen molar-refractivity contribution in [1.29, 1.82) is 5.26 Å². The third-order valence-electron chi connectivity index (χ3n) is 2.88. The lowest BCUT2D eigenvalue weighted by atomic mass is 9.94. The molecule has 0 bridgehead atoms. The molecule has 1 aliphatic heterocycles. The van der Waals surface area contributed by atoms with Gasteiger partial charge >= 0.3 is 0 Å². The second kappa shape index (κ2) is 6.00. The van der Waals surface area contributed by atoms with Crippen molar-refractivity contribution in [3.8, 4) is 6.07 Å². The van der Waals surface area contributed by atoms with Crippen molar-refractivity contribution in [3.63, 3.8) is 0 Å². The lowest BCUT2D eigenvalue weighted by Gasteiger charge is -2.28. The van der Waals surface area contributed by atoms with Gasteiger partial charge in [-0.15, -0.1) is 0 Å². The summed E-state index contributed by atoms with van der Waals surface area (Å²) in [5.74, 6) is 0.378. The van der Waals surface area contributed by atoms with Crippen molar-refractivity contribution in [1.82, 2.24) is 5.32 Å². The number of hydrogen-bond donors (Lipinski definition) is 1. The number of ether oxygens (including phenoxy) is 1. The smallest absolute Gasteiger partial charge is 0.101 e. The molecule has 3 atom stereocenters. The summed E-state index contributed by atoms with van der Waals surface area (Å²) >= 11 is 0. The first-order valence-electron chi connectivity index (χ1n) is 5.51. The van der Waals surface area contributed by atoms with Gasteiger partial charge in [0.15, 0.2) is 0 Å². The first-order valence-corrected chi connectivity index (χ1v) is 5.51. The molecule has 3 nitrogen and oxygen atoms in total. The number of hydrogen-bond acceptors (Lipinski definition) is 3. The third-order valence-corrected chi connectivity index (χ3v) is 2.88. The molecule has 1 fully saturated rings. The van der Waals surface area contributed by atoms with Crippen LogP contribution >= 0.6 is 0 Å². The van der Waals surface area contributed by atoms with Crippen LogP contribution in [0.25, 0.3) is 0 Å². The minimum atomic E-state index is -0.0368. The fraction of sp³-hybridized carbons (Fsp3) is 0.909. The van der Waals surface area contributed by atoms with Crippen LogP contribution in [0.2, 0.25) is 0 Å². The fourth-order valence-corrected chi connectivity index (χ4v) is 1.73. The predicted octanol–water partition coefficient (Wildman–Crippen LogP) is 1.69. The monoisotopic (exact) mass is 196 g/mol. The molecule has 0 spiro atoms. The highest BCUT2D eigenvalue weighted by Gasteiger charge is 2.24. The van der Waals surface area contributed by atoms with Crippen LogP contribution in [-0.4, -0.2) is 25.3 Å². The fourth-order valence-electron chi connectivity index (χ4n) is 1.73. The van der Waals surface area contributed by atoms with E-state index in [1.165, 1.54) is 0 Å². The molecule has 0 amide bonds. The van der Waals surface area contributed by atoms with Gasteiger partial charge in [-0.1, -0.05) is 6.92 Å². The largest absolute Gasteiger partial charge is 0.381 e. The van der Waals surface area contributed by atoms with Gasteiger partial charge < -0.3 is 4.74 Å². The quantitative estimate of drug-likeness (QED) is 0.744. The Hall–Kier alpha value is -0.590. The molecule has 3 unspecified atom stereocenters. The van der Waals surface area contributed by atoms with Crippen molar-refractivity contribution in [3.05, 3.63) is 0 Å². The zero-order valence-electron chi connectivity index (χ0n) is 9.12. The molecule has 0 aromatic rings. The number of nitrogens with one attached hydrogen (secondary N) is 1. The van der Waals surface area contributed by atoms with Crippen molar-refractivity contribution < 1.29 is 4.74 Å². The number of nitriles is 1. The summed E-state index contributed by atoms with van der Waals surface area (Å²) in [6, 6.07) is 2.73. The van der Waals surface area contributed by atoms with E-state index in [-0.39, 0.29) is 6.04 Å². The summed E-state index contributed by atoms with van der Waals surface area (Å²) in [7, 11) is 0. The molecular weight excluding hydrogens is 176 g/mol. The standard InChI is InChI=1S/C11H20N2O/c1-3-9(2)13-11(7-12)10-5-4-6-14-8-10/h9-11,13H,3-6,8H2,1-2H3. The van der Waals surface area contributed by atoms with Gasteiger partial charge in [-0.3, -0.25) is 5.32 Å². The maximum absolute atomic E-state index is 9.05. The normalized spacial score (nSPS) is 26.5. The van der Waals surface area contributed by atoms with Gasteiger partial charge in [-0.05, 0) is 26.2 Å². The Labute approximate surface area is 86.4 Å². The third kappa shape index (κ3) is 3.28. The van der Waals surface area contributed by atoms with Gasteiger partial charge in [0.2, 0.25) is 0 Å². The maximum atomic E-state index is 9.05. The van der Waals surface area contributed by atoms with Gasteiger partial charge in [0.25, 0.3) is 0 Å². The van der Waals surface area contributed by atoms with E-state index < -0.39 is 0 Å². The molecule has 0 saturated carbocycles. The summed E-state index contributed by atoms with van der Waals surface area (Å²) in [5, 5.41) is 12.4. The zero-order chi connectivity index (χ0) is 10.4. The molecule has 0 radical (unpaired) electrons. The summed E-state index contributed by atoms with van der Waals surface area (Å²) < 4.78 is 5.39. The van der Waals surface area contributed by atoms with Gasteiger partial charge in [-0.25, -0.2) is 0 Å². The Morgan fingerprint density at radius 1 is 1.64 bits per heavy atom. The minimum Gasteiger partial charge on any atom is -0.381 e. The summed E-state index contributed by atoms with van der Waals surface area (Å²) in [6.45, 7) is 5.84. The molecule has 1 saturated heterocycles. The van der Waals surface area contributed by atoms with Crippen molar-refractivity contribution in [2.75, 3.05) is 13.2 Å². The molecule has 0 aromatic carbocycles. The van der Waals surface area contributed by atoms with E-state index in [1.807, 2.05) is 0 Å². The van der Waals surface area contributed by atoms with Crippen LogP contribution in [0.3, 0.4) is 0 Å². The minimum absolute atomic E-state index is 0.0368. The highest BCUT2D eigenvalue weighted by atomic mass is 16.5. The van der Waals surface area contributed by atoms with E-state index in [2.05, 4.69) is 25.2 Å². The summed E-state index contributed by atoms with van der Waals surface area (Å²) in [6.07, 6.45) is 3.26. The zero-order valence-corrected chi connectivity index (χ0v) is 9.12.